The van der Waals surface area contributed by atoms with Gasteiger partial charge in [-0.3, -0.25) is 14.1 Å². The van der Waals surface area contributed by atoms with Gasteiger partial charge in [-0.15, -0.1) is 10.2 Å². The van der Waals surface area contributed by atoms with Crippen LogP contribution in [0.3, 0.4) is 0 Å². The molecule has 1 aliphatic heterocycles. The number of fused-ring (bicyclic) bond motifs is 2. The first-order chi connectivity index (χ1) is 11.2. The van der Waals surface area contributed by atoms with Crippen molar-refractivity contribution < 1.29 is 0 Å². The van der Waals surface area contributed by atoms with E-state index in [1.807, 2.05) is 18.2 Å². The van der Waals surface area contributed by atoms with Crippen LogP contribution in [0.25, 0.3) is 5.65 Å². The molecule has 7 nitrogen and oxygen atoms in total. The maximum Gasteiger partial charge on any atom is 0.258 e. The third-order valence-corrected chi connectivity index (χ3v) is 4.23. The zero-order chi connectivity index (χ0) is 15.8. The second-order valence-electron chi connectivity index (χ2n) is 5.76. The van der Waals surface area contributed by atoms with Gasteiger partial charge in [-0.2, -0.15) is 0 Å². The summed E-state index contributed by atoms with van der Waals surface area (Å²) in [4.78, 5) is 19.0. The van der Waals surface area contributed by atoms with Gasteiger partial charge in [0.25, 0.3) is 5.56 Å². The molecular weight excluding hydrogens is 292 g/mol. The van der Waals surface area contributed by atoms with Crippen LogP contribution in [-0.2, 0) is 26.1 Å². The maximum absolute atomic E-state index is 12.2. The molecule has 0 bridgehead atoms. The molecule has 0 aliphatic carbocycles. The van der Waals surface area contributed by atoms with Crippen LogP contribution in [0.15, 0.2) is 35.3 Å². The van der Waals surface area contributed by atoms with E-state index in [9.17, 15) is 4.79 Å². The second-order valence-corrected chi connectivity index (χ2v) is 5.76. The number of pyridine rings is 1. The lowest BCUT2D eigenvalue weighted by atomic mass is 10.3. The molecule has 3 aromatic rings. The Morgan fingerprint density at radius 2 is 2.13 bits per heavy atom. The Bertz CT molecular complexity index is 912. The van der Waals surface area contributed by atoms with Gasteiger partial charge < -0.3 is 4.57 Å². The molecule has 0 N–H and O–H groups in total. The predicted molar refractivity (Wildman–Crippen MR) is 85.0 cm³/mol. The van der Waals surface area contributed by atoms with Gasteiger partial charge in [0.1, 0.15) is 17.3 Å². The van der Waals surface area contributed by atoms with Crippen LogP contribution in [-0.4, -0.2) is 35.6 Å². The molecule has 0 amide bonds. The Morgan fingerprint density at radius 1 is 1.22 bits per heavy atom. The Kier molecular flexibility index (Phi) is 3.42. The number of hydrogen-bond acceptors (Lipinski definition) is 5. The largest absolute Gasteiger partial charge is 0.313 e. The van der Waals surface area contributed by atoms with E-state index in [2.05, 4.69) is 31.6 Å². The first-order valence-corrected chi connectivity index (χ1v) is 7.85. The normalized spacial score (nSPS) is 15.0. The van der Waals surface area contributed by atoms with E-state index in [1.54, 1.807) is 16.7 Å². The zero-order valence-corrected chi connectivity index (χ0v) is 13.0. The quantitative estimate of drug-likeness (QED) is 0.718. The lowest BCUT2D eigenvalue weighted by Gasteiger charge is -2.27. The van der Waals surface area contributed by atoms with Crippen molar-refractivity contribution in [3.05, 3.63) is 58.2 Å². The average molecular weight is 310 g/mol. The summed E-state index contributed by atoms with van der Waals surface area (Å²) in [6, 6.07) is 7.19. The van der Waals surface area contributed by atoms with E-state index < -0.39 is 0 Å². The van der Waals surface area contributed by atoms with Gasteiger partial charge in [-0.1, -0.05) is 13.0 Å². The Morgan fingerprint density at radius 3 is 3.00 bits per heavy atom. The van der Waals surface area contributed by atoms with Crippen molar-refractivity contribution in [2.75, 3.05) is 6.54 Å². The lowest BCUT2D eigenvalue weighted by molar-refractivity contribution is 0.205. The smallest absolute Gasteiger partial charge is 0.258 e. The highest BCUT2D eigenvalue weighted by molar-refractivity contribution is 5.37. The fourth-order valence-corrected chi connectivity index (χ4v) is 3.08. The monoisotopic (exact) mass is 310 g/mol. The molecule has 0 radical (unpaired) electrons. The van der Waals surface area contributed by atoms with Crippen molar-refractivity contribution in [2.24, 2.45) is 0 Å². The number of aryl methyl sites for hydroxylation is 1. The molecule has 0 saturated heterocycles. The van der Waals surface area contributed by atoms with Crippen LogP contribution < -0.4 is 5.56 Å². The van der Waals surface area contributed by atoms with Crippen LogP contribution >= 0.6 is 0 Å². The first-order valence-electron chi connectivity index (χ1n) is 7.85. The second kappa shape index (κ2) is 5.58. The summed E-state index contributed by atoms with van der Waals surface area (Å²) in [6.45, 7) is 5.28. The SMILES string of the molecule is CCc1nnc2n1CCN(Cc1cc(=O)n3ccccc3n1)C2. The van der Waals surface area contributed by atoms with E-state index >= 15 is 0 Å². The van der Waals surface area contributed by atoms with E-state index in [0.717, 1.165) is 43.4 Å². The molecule has 0 aromatic carbocycles. The first kappa shape index (κ1) is 14.1. The van der Waals surface area contributed by atoms with Crippen LogP contribution in [0.4, 0.5) is 0 Å². The molecule has 23 heavy (non-hydrogen) atoms. The van der Waals surface area contributed by atoms with E-state index in [1.165, 1.54) is 0 Å². The van der Waals surface area contributed by atoms with Crippen LogP contribution in [0.5, 0.6) is 0 Å². The average Bonchev–Trinajstić information content (AvgIpc) is 2.97. The van der Waals surface area contributed by atoms with Crippen molar-refractivity contribution in [3.63, 3.8) is 0 Å². The van der Waals surface area contributed by atoms with E-state index in [4.69, 9.17) is 0 Å². The summed E-state index contributed by atoms with van der Waals surface area (Å²) in [5.74, 6) is 2.03. The molecule has 1 aliphatic rings. The van der Waals surface area contributed by atoms with Gasteiger partial charge in [-0.05, 0) is 12.1 Å². The number of rotatable bonds is 3. The molecule has 4 heterocycles. The third-order valence-electron chi connectivity index (χ3n) is 4.23. The summed E-state index contributed by atoms with van der Waals surface area (Å²) >= 11 is 0. The maximum atomic E-state index is 12.2. The zero-order valence-electron chi connectivity index (χ0n) is 13.0. The van der Waals surface area contributed by atoms with Crippen LogP contribution in [0, 0.1) is 0 Å². The van der Waals surface area contributed by atoms with Crippen molar-refractivity contribution in [1.29, 1.82) is 0 Å². The molecule has 118 valence electrons. The highest BCUT2D eigenvalue weighted by Crippen LogP contribution is 2.14. The van der Waals surface area contributed by atoms with Gasteiger partial charge in [-0.25, -0.2) is 4.98 Å². The number of nitrogens with zero attached hydrogens (tertiary/aromatic N) is 6. The van der Waals surface area contributed by atoms with Crippen LogP contribution in [0.1, 0.15) is 24.3 Å². The summed E-state index contributed by atoms with van der Waals surface area (Å²) in [7, 11) is 0. The van der Waals surface area contributed by atoms with E-state index in [-0.39, 0.29) is 5.56 Å². The molecule has 4 rings (SSSR count). The third kappa shape index (κ3) is 2.53. The lowest BCUT2D eigenvalue weighted by Crippen LogP contribution is -2.34. The standard InChI is InChI=1S/C16H18N6O/c1-2-13-18-19-15-11-20(7-8-21(13)15)10-12-9-16(23)22-6-4-3-5-14(22)17-12/h3-6,9H,2,7-8,10-11H2,1H3. The summed E-state index contributed by atoms with van der Waals surface area (Å²) in [5.41, 5.74) is 1.44. The fraction of sp³-hybridized carbons (Fsp3) is 0.375. The highest BCUT2D eigenvalue weighted by Gasteiger charge is 2.21. The molecule has 0 saturated carbocycles. The summed E-state index contributed by atoms with van der Waals surface area (Å²) < 4.78 is 3.75. The van der Waals surface area contributed by atoms with Gasteiger partial charge >= 0.3 is 0 Å². The Balaban J connectivity index is 1.58. The molecule has 0 atom stereocenters. The molecule has 0 spiro atoms. The topological polar surface area (TPSA) is 68.3 Å². The highest BCUT2D eigenvalue weighted by atomic mass is 16.1. The van der Waals surface area contributed by atoms with Crippen molar-refractivity contribution >= 4 is 5.65 Å². The van der Waals surface area contributed by atoms with Crippen molar-refractivity contribution in [2.45, 2.75) is 33.0 Å². The predicted octanol–water partition coefficient (Wildman–Crippen LogP) is 0.864. The van der Waals surface area contributed by atoms with E-state index in [0.29, 0.717) is 12.2 Å². The van der Waals surface area contributed by atoms with Gasteiger partial charge in [0.15, 0.2) is 0 Å². The summed E-state index contributed by atoms with van der Waals surface area (Å²) in [6.07, 6.45) is 2.64. The Hall–Kier alpha value is -2.54. The summed E-state index contributed by atoms with van der Waals surface area (Å²) in [5, 5.41) is 8.50. The van der Waals surface area contributed by atoms with Gasteiger partial charge in [0.05, 0.1) is 12.2 Å². The van der Waals surface area contributed by atoms with Gasteiger partial charge in [0.2, 0.25) is 0 Å². The molecule has 0 fully saturated rings. The molecule has 0 unspecified atom stereocenters. The minimum Gasteiger partial charge on any atom is -0.313 e. The fourth-order valence-electron chi connectivity index (χ4n) is 3.08. The Labute approximate surface area is 133 Å². The van der Waals surface area contributed by atoms with Crippen molar-refractivity contribution in [3.8, 4) is 0 Å². The molecule has 3 aromatic heterocycles. The van der Waals surface area contributed by atoms with Gasteiger partial charge in [0, 0.05) is 38.3 Å². The van der Waals surface area contributed by atoms with Crippen molar-refractivity contribution in [1.82, 2.24) is 29.0 Å². The minimum absolute atomic E-state index is 0.0426. The molecular formula is C16H18N6O. The van der Waals surface area contributed by atoms with Crippen LogP contribution in [0.2, 0.25) is 0 Å². The minimum atomic E-state index is -0.0426. The number of aromatic nitrogens is 5. The number of hydrogen-bond donors (Lipinski definition) is 0. The molecule has 7 heteroatoms.